The maximum atomic E-state index is 11.9. The number of aromatic nitrogens is 1. The van der Waals surface area contributed by atoms with Crippen molar-refractivity contribution >= 4 is 5.97 Å². The maximum absolute atomic E-state index is 11.9. The summed E-state index contributed by atoms with van der Waals surface area (Å²) in [5.74, 6) is 0.110. The second kappa shape index (κ2) is 4.76. The second-order valence-electron chi connectivity index (χ2n) is 5.26. The van der Waals surface area contributed by atoms with E-state index < -0.39 is 0 Å². The zero-order valence-electron chi connectivity index (χ0n) is 10.7. The lowest BCUT2D eigenvalue weighted by molar-refractivity contribution is 0.0338. The number of fused-ring (bicyclic) bond motifs is 1. The van der Waals surface area contributed by atoms with E-state index in [1.807, 2.05) is 13.0 Å². The van der Waals surface area contributed by atoms with Gasteiger partial charge in [-0.2, -0.15) is 0 Å². The van der Waals surface area contributed by atoms with Gasteiger partial charge in [-0.3, -0.25) is 0 Å². The van der Waals surface area contributed by atoms with Crippen molar-refractivity contribution in [3.05, 3.63) is 23.0 Å². The summed E-state index contributed by atoms with van der Waals surface area (Å²) in [5.41, 5.74) is 3.09. The van der Waals surface area contributed by atoms with Crippen molar-refractivity contribution in [2.75, 3.05) is 13.2 Å². The van der Waals surface area contributed by atoms with Gasteiger partial charge in [0, 0.05) is 18.2 Å². The van der Waals surface area contributed by atoms with Crippen molar-refractivity contribution in [2.45, 2.75) is 38.7 Å². The Kier molecular flexibility index (Phi) is 3.12. The number of ether oxygens (including phenoxy) is 2. The number of esters is 1. The largest absolute Gasteiger partial charge is 0.461 e. The highest BCUT2D eigenvalue weighted by Gasteiger charge is 2.26. The van der Waals surface area contributed by atoms with E-state index in [0.717, 1.165) is 25.9 Å². The SMILES string of the molecule is CC1OCCC1COC(=O)c1cc2c([nH]1)CCC2. The van der Waals surface area contributed by atoms with E-state index in [1.54, 1.807) is 0 Å². The van der Waals surface area contributed by atoms with Gasteiger partial charge in [0.25, 0.3) is 0 Å². The van der Waals surface area contributed by atoms with E-state index in [-0.39, 0.29) is 12.1 Å². The molecule has 0 amide bonds. The highest BCUT2D eigenvalue weighted by atomic mass is 16.5. The van der Waals surface area contributed by atoms with Gasteiger partial charge >= 0.3 is 5.97 Å². The Labute approximate surface area is 107 Å². The Morgan fingerprint density at radius 2 is 2.44 bits per heavy atom. The first-order valence-corrected chi connectivity index (χ1v) is 6.73. The van der Waals surface area contributed by atoms with Gasteiger partial charge in [0.2, 0.25) is 0 Å². The smallest absolute Gasteiger partial charge is 0.354 e. The predicted molar refractivity (Wildman–Crippen MR) is 66.6 cm³/mol. The molecule has 98 valence electrons. The molecule has 2 aliphatic rings. The van der Waals surface area contributed by atoms with Crippen LogP contribution >= 0.6 is 0 Å². The molecule has 1 aliphatic heterocycles. The molecular formula is C14H19NO3. The molecule has 0 saturated carbocycles. The quantitative estimate of drug-likeness (QED) is 0.834. The summed E-state index contributed by atoms with van der Waals surface area (Å²) in [4.78, 5) is 15.1. The molecule has 0 spiro atoms. The van der Waals surface area contributed by atoms with Gasteiger partial charge in [0.15, 0.2) is 0 Å². The second-order valence-corrected chi connectivity index (χ2v) is 5.26. The number of aryl methyl sites for hydroxylation is 2. The molecule has 0 aromatic carbocycles. The van der Waals surface area contributed by atoms with Crippen LogP contribution in [0.15, 0.2) is 6.07 Å². The molecular weight excluding hydrogens is 230 g/mol. The van der Waals surface area contributed by atoms with Crippen LogP contribution in [0.5, 0.6) is 0 Å². The van der Waals surface area contributed by atoms with Crippen molar-refractivity contribution in [3.63, 3.8) is 0 Å². The molecule has 4 nitrogen and oxygen atoms in total. The zero-order valence-corrected chi connectivity index (χ0v) is 10.7. The Balaban J connectivity index is 1.57. The Morgan fingerprint density at radius 3 is 3.17 bits per heavy atom. The monoisotopic (exact) mass is 249 g/mol. The molecule has 1 fully saturated rings. The first kappa shape index (κ1) is 11.8. The average molecular weight is 249 g/mol. The van der Waals surface area contributed by atoms with Crippen molar-refractivity contribution in [3.8, 4) is 0 Å². The minimum atomic E-state index is -0.233. The lowest BCUT2D eigenvalue weighted by atomic mass is 10.0. The van der Waals surface area contributed by atoms with E-state index in [1.165, 1.54) is 17.7 Å². The lowest BCUT2D eigenvalue weighted by Crippen LogP contribution is -2.20. The minimum absolute atomic E-state index is 0.200. The molecule has 1 saturated heterocycles. The highest BCUT2D eigenvalue weighted by molar-refractivity contribution is 5.88. The third-order valence-corrected chi connectivity index (χ3v) is 4.05. The molecule has 2 unspecified atom stereocenters. The van der Waals surface area contributed by atoms with Gasteiger partial charge in [-0.15, -0.1) is 0 Å². The van der Waals surface area contributed by atoms with Crippen LogP contribution in [0.1, 0.15) is 41.5 Å². The van der Waals surface area contributed by atoms with Crippen LogP contribution in [0.2, 0.25) is 0 Å². The number of nitrogens with one attached hydrogen (secondary N) is 1. The van der Waals surface area contributed by atoms with Crippen LogP contribution < -0.4 is 0 Å². The molecule has 18 heavy (non-hydrogen) atoms. The average Bonchev–Trinajstić information content (AvgIpc) is 3.00. The summed E-state index contributed by atoms with van der Waals surface area (Å²) in [7, 11) is 0. The summed E-state index contributed by atoms with van der Waals surface area (Å²) < 4.78 is 10.8. The third-order valence-electron chi connectivity index (χ3n) is 4.05. The standard InChI is InChI=1S/C14H19NO3/c1-9-11(5-6-17-9)8-18-14(16)13-7-10-3-2-4-12(10)15-13/h7,9,11,15H,2-6,8H2,1H3. The number of H-pyrrole nitrogens is 1. The normalized spacial score (nSPS) is 26.3. The summed E-state index contributed by atoms with van der Waals surface area (Å²) in [6, 6.07) is 1.94. The van der Waals surface area contributed by atoms with E-state index in [4.69, 9.17) is 9.47 Å². The fraction of sp³-hybridized carbons (Fsp3) is 0.643. The summed E-state index contributed by atoms with van der Waals surface area (Å²) >= 11 is 0. The summed E-state index contributed by atoms with van der Waals surface area (Å²) in [6.07, 6.45) is 4.50. The van der Waals surface area contributed by atoms with Crippen molar-refractivity contribution in [1.82, 2.24) is 4.98 Å². The Hall–Kier alpha value is -1.29. The van der Waals surface area contributed by atoms with Crippen LogP contribution in [-0.2, 0) is 22.3 Å². The van der Waals surface area contributed by atoms with Gasteiger partial charge in [0.05, 0.1) is 12.7 Å². The van der Waals surface area contributed by atoms with Crippen molar-refractivity contribution in [1.29, 1.82) is 0 Å². The number of carbonyl (C=O) groups is 1. The molecule has 2 atom stereocenters. The molecule has 2 heterocycles. The first-order chi connectivity index (χ1) is 8.74. The molecule has 3 rings (SSSR count). The number of carbonyl (C=O) groups excluding carboxylic acids is 1. The lowest BCUT2D eigenvalue weighted by Gasteiger charge is -2.13. The van der Waals surface area contributed by atoms with Crippen LogP contribution in [0, 0.1) is 5.92 Å². The molecule has 1 N–H and O–H groups in total. The summed E-state index contributed by atoms with van der Waals surface area (Å²) in [5, 5.41) is 0. The Bertz CT molecular complexity index is 430. The van der Waals surface area contributed by atoms with Gasteiger partial charge in [0.1, 0.15) is 5.69 Å². The van der Waals surface area contributed by atoms with Gasteiger partial charge < -0.3 is 14.5 Å². The van der Waals surface area contributed by atoms with Crippen LogP contribution in [0.3, 0.4) is 0 Å². The van der Waals surface area contributed by atoms with E-state index >= 15 is 0 Å². The number of hydrogen-bond donors (Lipinski definition) is 1. The maximum Gasteiger partial charge on any atom is 0.354 e. The number of aromatic amines is 1. The van der Waals surface area contributed by atoms with Gasteiger partial charge in [-0.05, 0) is 44.2 Å². The van der Waals surface area contributed by atoms with Crippen molar-refractivity contribution in [2.24, 2.45) is 5.92 Å². The van der Waals surface area contributed by atoms with Crippen LogP contribution in [0.25, 0.3) is 0 Å². The van der Waals surface area contributed by atoms with Gasteiger partial charge in [-0.1, -0.05) is 0 Å². The molecule has 4 heteroatoms. The van der Waals surface area contributed by atoms with E-state index in [9.17, 15) is 4.79 Å². The fourth-order valence-corrected chi connectivity index (χ4v) is 2.81. The van der Waals surface area contributed by atoms with E-state index in [0.29, 0.717) is 18.2 Å². The molecule has 1 aromatic rings. The third kappa shape index (κ3) is 2.17. The number of rotatable bonds is 3. The van der Waals surface area contributed by atoms with Crippen LogP contribution in [-0.4, -0.2) is 30.3 Å². The minimum Gasteiger partial charge on any atom is -0.461 e. The predicted octanol–water partition coefficient (Wildman–Crippen LogP) is 2.09. The molecule has 0 radical (unpaired) electrons. The molecule has 1 aromatic heterocycles. The highest BCUT2D eigenvalue weighted by Crippen LogP contribution is 2.24. The fourth-order valence-electron chi connectivity index (χ4n) is 2.81. The van der Waals surface area contributed by atoms with E-state index in [2.05, 4.69) is 4.98 Å². The van der Waals surface area contributed by atoms with Gasteiger partial charge in [-0.25, -0.2) is 4.79 Å². The Morgan fingerprint density at radius 1 is 1.56 bits per heavy atom. The first-order valence-electron chi connectivity index (χ1n) is 6.73. The van der Waals surface area contributed by atoms with Crippen LogP contribution in [0.4, 0.5) is 0 Å². The molecule has 0 bridgehead atoms. The van der Waals surface area contributed by atoms with Crippen molar-refractivity contribution < 1.29 is 14.3 Å². The molecule has 1 aliphatic carbocycles. The summed E-state index contributed by atoms with van der Waals surface area (Å²) in [6.45, 7) is 3.28. The zero-order chi connectivity index (χ0) is 12.5. The topological polar surface area (TPSA) is 51.3 Å². The number of hydrogen-bond acceptors (Lipinski definition) is 3.